The van der Waals surface area contributed by atoms with Crippen LogP contribution in [0.4, 0.5) is 11.4 Å². The maximum atomic E-state index is 12.1. The molecule has 1 unspecified atom stereocenters. The van der Waals surface area contributed by atoms with Gasteiger partial charge in [0.25, 0.3) is 11.6 Å². The number of non-ortho nitro benzene ring substituents is 1. The molecule has 1 atom stereocenters. The largest absolute Gasteiger partial charge is 0.507 e. The molecule has 0 aliphatic rings. The Labute approximate surface area is 144 Å². The fraction of sp³-hybridized carbons (Fsp3) is 0.176. The topological polar surface area (TPSA) is 117 Å². The quantitative estimate of drug-likeness (QED) is 0.424. The molecule has 130 valence electrons. The van der Waals surface area contributed by atoms with Gasteiger partial charge in [-0.05, 0) is 31.5 Å². The summed E-state index contributed by atoms with van der Waals surface area (Å²) < 4.78 is 0. The second kappa shape index (κ2) is 7.91. The van der Waals surface area contributed by atoms with Gasteiger partial charge in [-0.15, -0.1) is 0 Å². The Balaban J connectivity index is 1.99. The molecule has 8 nitrogen and oxygen atoms in total. The first-order valence-electron chi connectivity index (χ1n) is 7.51. The first-order chi connectivity index (χ1) is 11.9. The number of phenols is 1. The Morgan fingerprint density at radius 1 is 1.32 bits per heavy atom. The van der Waals surface area contributed by atoms with Gasteiger partial charge in [0, 0.05) is 23.4 Å². The molecule has 0 bridgehead atoms. The molecular weight excluding hydrogens is 324 g/mol. The zero-order valence-electron chi connectivity index (χ0n) is 13.8. The number of phenolic OH excluding ortho intramolecular Hbond substituents is 1. The average molecular weight is 342 g/mol. The predicted octanol–water partition coefficient (Wildman–Crippen LogP) is 2.56. The van der Waals surface area contributed by atoms with Crippen molar-refractivity contribution in [2.24, 2.45) is 5.10 Å². The Hall–Kier alpha value is -3.42. The number of aryl methyl sites for hydroxylation is 1. The summed E-state index contributed by atoms with van der Waals surface area (Å²) in [5.41, 5.74) is 4.13. The van der Waals surface area contributed by atoms with E-state index in [1.165, 1.54) is 18.2 Å². The number of nitro benzene ring substituents is 1. The van der Waals surface area contributed by atoms with Gasteiger partial charge in [0.05, 0.1) is 11.1 Å². The Bertz CT molecular complexity index is 820. The van der Waals surface area contributed by atoms with Gasteiger partial charge in [-0.3, -0.25) is 14.9 Å². The minimum atomic E-state index is -0.580. The number of hydrogen-bond donors (Lipinski definition) is 3. The van der Waals surface area contributed by atoms with Crippen LogP contribution in [0.25, 0.3) is 0 Å². The van der Waals surface area contributed by atoms with Crippen molar-refractivity contribution in [3.8, 4) is 5.75 Å². The van der Waals surface area contributed by atoms with Gasteiger partial charge in [-0.1, -0.05) is 18.2 Å². The molecule has 0 aliphatic carbocycles. The van der Waals surface area contributed by atoms with Crippen molar-refractivity contribution in [1.29, 1.82) is 0 Å². The Kier molecular flexibility index (Phi) is 5.67. The van der Waals surface area contributed by atoms with Crippen molar-refractivity contribution in [1.82, 2.24) is 5.43 Å². The second-order valence-electron chi connectivity index (χ2n) is 5.42. The van der Waals surface area contributed by atoms with Crippen LogP contribution in [0.2, 0.25) is 0 Å². The SMILES string of the molecule is Cc1ccccc1NC(C)C(=O)N/N=C/c1cc([N+](=O)[O-])ccc1O. The molecule has 0 saturated carbocycles. The van der Waals surface area contributed by atoms with E-state index < -0.39 is 11.0 Å². The fourth-order valence-corrected chi connectivity index (χ4v) is 2.05. The highest BCUT2D eigenvalue weighted by atomic mass is 16.6. The number of nitrogens with one attached hydrogen (secondary N) is 2. The number of hydrazone groups is 1. The van der Waals surface area contributed by atoms with Crippen LogP contribution in [-0.2, 0) is 4.79 Å². The van der Waals surface area contributed by atoms with E-state index >= 15 is 0 Å². The van der Waals surface area contributed by atoms with E-state index in [4.69, 9.17) is 0 Å². The fourth-order valence-electron chi connectivity index (χ4n) is 2.05. The lowest BCUT2D eigenvalue weighted by Gasteiger charge is -2.15. The van der Waals surface area contributed by atoms with Crippen LogP contribution in [0.15, 0.2) is 47.6 Å². The Morgan fingerprint density at radius 3 is 2.72 bits per heavy atom. The third kappa shape index (κ3) is 4.77. The molecule has 25 heavy (non-hydrogen) atoms. The first-order valence-corrected chi connectivity index (χ1v) is 7.51. The molecule has 0 radical (unpaired) electrons. The third-order valence-corrected chi connectivity index (χ3v) is 3.51. The smallest absolute Gasteiger partial charge is 0.270 e. The van der Waals surface area contributed by atoms with Gasteiger partial charge in [0.1, 0.15) is 11.8 Å². The second-order valence-corrected chi connectivity index (χ2v) is 5.42. The molecule has 3 N–H and O–H groups in total. The number of hydrogen-bond acceptors (Lipinski definition) is 6. The van der Waals surface area contributed by atoms with E-state index in [1.807, 2.05) is 31.2 Å². The van der Waals surface area contributed by atoms with Crippen molar-refractivity contribution in [2.45, 2.75) is 19.9 Å². The number of aromatic hydroxyl groups is 1. The summed E-state index contributed by atoms with van der Waals surface area (Å²) in [4.78, 5) is 22.2. The molecule has 2 aromatic rings. The number of benzene rings is 2. The lowest BCUT2D eigenvalue weighted by Crippen LogP contribution is -2.35. The minimum absolute atomic E-state index is 0.133. The first kappa shape index (κ1) is 17.9. The van der Waals surface area contributed by atoms with Crippen molar-refractivity contribution in [3.63, 3.8) is 0 Å². The number of carbonyl (C=O) groups excluding carboxylic acids is 1. The summed E-state index contributed by atoms with van der Waals surface area (Å²) in [6, 6.07) is 10.6. The van der Waals surface area contributed by atoms with Crippen LogP contribution in [-0.4, -0.2) is 28.2 Å². The molecule has 0 heterocycles. The van der Waals surface area contributed by atoms with Crippen molar-refractivity contribution in [3.05, 3.63) is 63.7 Å². The molecule has 8 heteroatoms. The van der Waals surface area contributed by atoms with Crippen molar-refractivity contribution < 1.29 is 14.8 Å². The zero-order chi connectivity index (χ0) is 18.4. The standard InChI is InChI=1S/C17H18N4O4/c1-11-5-3-4-6-15(11)19-12(2)17(23)20-18-10-13-9-14(21(24)25)7-8-16(13)22/h3-10,12,19,22H,1-2H3,(H,20,23)/b18-10+. The average Bonchev–Trinajstić information content (AvgIpc) is 2.58. The molecule has 0 aliphatic heterocycles. The predicted molar refractivity (Wildman–Crippen MR) is 94.8 cm³/mol. The van der Waals surface area contributed by atoms with E-state index in [-0.39, 0.29) is 22.9 Å². The van der Waals surface area contributed by atoms with Gasteiger partial charge in [0.2, 0.25) is 0 Å². The number of carbonyl (C=O) groups is 1. The molecule has 2 rings (SSSR count). The number of amides is 1. The van der Waals surface area contributed by atoms with Gasteiger partial charge >= 0.3 is 0 Å². The summed E-state index contributed by atoms with van der Waals surface area (Å²) >= 11 is 0. The number of para-hydroxylation sites is 1. The number of nitro groups is 1. The van der Waals surface area contributed by atoms with E-state index in [1.54, 1.807) is 6.92 Å². The lowest BCUT2D eigenvalue weighted by atomic mass is 10.2. The highest BCUT2D eigenvalue weighted by molar-refractivity contribution is 5.88. The summed E-state index contributed by atoms with van der Waals surface area (Å²) in [5, 5.41) is 27.2. The number of rotatable bonds is 6. The molecule has 0 fully saturated rings. The van der Waals surface area contributed by atoms with E-state index in [0.717, 1.165) is 17.5 Å². The summed E-state index contributed by atoms with van der Waals surface area (Å²) in [6.45, 7) is 3.61. The van der Waals surface area contributed by atoms with E-state index in [9.17, 15) is 20.0 Å². The summed E-state index contributed by atoms with van der Waals surface area (Å²) in [5.74, 6) is -0.556. The zero-order valence-corrected chi connectivity index (χ0v) is 13.8. The van der Waals surface area contributed by atoms with Crippen LogP contribution in [0.5, 0.6) is 5.75 Å². The molecule has 0 aromatic heterocycles. The summed E-state index contributed by atoms with van der Waals surface area (Å²) in [7, 11) is 0. The van der Waals surface area contributed by atoms with E-state index in [2.05, 4.69) is 15.8 Å². The maximum Gasteiger partial charge on any atom is 0.270 e. The maximum absolute atomic E-state index is 12.1. The van der Waals surface area contributed by atoms with Crippen LogP contribution in [0, 0.1) is 17.0 Å². The highest BCUT2D eigenvalue weighted by Crippen LogP contribution is 2.21. The summed E-state index contributed by atoms with van der Waals surface area (Å²) in [6.07, 6.45) is 1.15. The lowest BCUT2D eigenvalue weighted by molar-refractivity contribution is -0.384. The van der Waals surface area contributed by atoms with Gasteiger partial charge in [-0.25, -0.2) is 5.43 Å². The van der Waals surface area contributed by atoms with Crippen molar-refractivity contribution in [2.75, 3.05) is 5.32 Å². The van der Waals surface area contributed by atoms with E-state index in [0.29, 0.717) is 0 Å². The Morgan fingerprint density at radius 2 is 2.04 bits per heavy atom. The minimum Gasteiger partial charge on any atom is -0.507 e. The molecular formula is C17H18N4O4. The van der Waals surface area contributed by atoms with Crippen LogP contribution in [0.3, 0.4) is 0 Å². The molecule has 0 saturated heterocycles. The van der Waals surface area contributed by atoms with Gasteiger partial charge in [0.15, 0.2) is 0 Å². The third-order valence-electron chi connectivity index (χ3n) is 3.51. The number of anilines is 1. The van der Waals surface area contributed by atoms with Crippen LogP contribution < -0.4 is 10.7 Å². The van der Waals surface area contributed by atoms with Crippen LogP contribution >= 0.6 is 0 Å². The normalized spacial score (nSPS) is 11.9. The molecule has 0 spiro atoms. The number of nitrogens with zero attached hydrogens (tertiary/aromatic N) is 2. The van der Waals surface area contributed by atoms with Gasteiger partial charge < -0.3 is 10.4 Å². The van der Waals surface area contributed by atoms with Crippen molar-refractivity contribution >= 4 is 23.5 Å². The molecule has 1 amide bonds. The van der Waals surface area contributed by atoms with Crippen LogP contribution in [0.1, 0.15) is 18.1 Å². The monoisotopic (exact) mass is 342 g/mol. The molecule has 2 aromatic carbocycles. The van der Waals surface area contributed by atoms with Gasteiger partial charge in [-0.2, -0.15) is 5.10 Å². The highest BCUT2D eigenvalue weighted by Gasteiger charge is 2.13.